The molecule has 5 nitrogen and oxygen atoms in total. The number of aliphatic carboxylic acids is 1. The summed E-state index contributed by atoms with van der Waals surface area (Å²) in [4.78, 5) is 10.6. The topological polar surface area (TPSA) is 70.6 Å². The van der Waals surface area contributed by atoms with Crippen LogP contribution in [-0.2, 0) is 9.53 Å². The summed E-state index contributed by atoms with van der Waals surface area (Å²) in [5, 5.41) is 15.2. The quantitative estimate of drug-likeness (QED) is 0.479. The van der Waals surface area contributed by atoms with Crippen molar-refractivity contribution in [1.29, 1.82) is 0 Å². The van der Waals surface area contributed by atoms with E-state index in [1.54, 1.807) is 0 Å². The van der Waals surface area contributed by atoms with E-state index in [9.17, 15) is 4.79 Å². The van der Waals surface area contributed by atoms with Crippen LogP contribution in [0.1, 0.15) is 6.42 Å². The minimum absolute atomic E-state index is 0.00799. The summed E-state index contributed by atoms with van der Waals surface area (Å²) in [6, 6.07) is 0. The molecule has 2 aliphatic heterocycles. The van der Waals surface area contributed by atoms with Gasteiger partial charge in [0.15, 0.2) is 6.10 Å². The van der Waals surface area contributed by atoms with Gasteiger partial charge in [-0.25, -0.2) is 4.79 Å². The van der Waals surface area contributed by atoms with Gasteiger partial charge in [-0.05, 0) is 13.0 Å². The van der Waals surface area contributed by atoms with Crippen LogP contribution in [0.25, 0.3) is 0 Å². The first-order valence-electron chi connectivity index (χ1n) is 4.52. The van der Waals surface area contributed by atoms with Crippen LogP contribution < -0.4 is 10.6 Å². The van der Waals surface area contributed by atoms with Crippen LogP contribution >= 0.6 is 0 Å². The van der Waals surface area contributed by atoms with Gasteiger partial charge in [0.1, 0.15) is 0 Å². The standard InChI is InChI=1S/C8H14N2O3/c11-7(12)6-3-10-8(5-13-6)1-2-9-4-8/h6,9-10H,1-5H2,(H,11,12). The summed E-state index contributed by atoms with van der Waals surface area (Å²) in [5.41, 5.74) is -0.00799. The first kappa shape index (κ1) is 8.93. The van der Waals surface area contributed by atoms with Crippen molar-refractivity contribution in [2.45, 2.75) is 18.1 Å². The molecular weight excluding hydrogens is 172 g/mol. The lowest BCUT2D eigenvalue weighted by atomic mass is 9.98. The van der Waals surface area contributed by atoms with E-state index in [2.05, 4.69) is 10.6 Å². The van der Waals surface area contributed by atoms with E-state index >= 15 is 0 Å². The Hall–Kier alpha value is -0.650. The molecule has 0 saturated carbocycles. The summed E-state index contributed by atoms with van der Waals surface area (Å²) >= 11 is 0. The predicted molar refractivity (Wildman–Crippen MR) is 45.6 cm³/mol. The molecule has 1 spiro atoms. The molecule has 3 N–H and O–H groups in total. The van der Waals surface area contributed by atoms with Gasteiger partial charge in [-0.1, -0.05) is 0 Å². The Balaban J connectivity index is 1.91. The number of hydrogen-bond donors (Lipinski definition) is 3. The Labute approximate surface area is 76.5 Å². The van der Waals surface area contributed by atoms with E-state index in [0.29, 0.717) is 13.2 Å². The Morgan fingerprint density at radius 1 is 1.62 bits per heavy atom. The van der Waals surface area contributed by atoms with Crippen molar-refractivity contribution < 1.29 is 14.6 Å². The average molecular weight is 186 g/mol. The molecule has 74 valence electrons. The highest BCUT2D eigenvalue weighted by Crippen LogP contribution is 2.19. The van der Waals surface area contributed by atoms with Gasteiger partial charge in [-0.3, -0.25) is 0 Å². The van der Waals surface area contributed by atoms with Gasteiger partial charge in [0.2, 0.25) is 0 Å². The normalized spacial score (nSPS) is 39.5. The Bertz CT molecular complexity index is 203. The lowest BCUT2D eigenvalue weighted by Crippen LogP contribution is -2.59. The maximum absolute atomic E-state index is 10.6. The van der Waals surface area contributed by atoms with Gasteiger partial charge < -0.3 is 20.5 Å². The average Bonchev–Trinajstić information content (AvgIpc) is 2.54. The predicted octanol–water partition coefficient (Wildman–Crippen LogP) is -1.21. The van der Waals surface area contributed by atoms with E-state index < -0.39 is 12.1 Å². The summed E-state index contributed by atoms with van der Waals surface area (Å²) < 4.78 is 5.28. The lowest BCUT2D eigenvalue weighted by molar-refractivity contribution is -0.155. The molecular formula is C8H14N2O3. The van der Waals surface area contributed by atoms with Gasteiger partial charge in [0.05, 0.1) is 12.1 Å². The molecule has 0 aromatic rings. The second-order valence-electron chi connectivity index (χ2n) is 3.73. The second-order valence-corrected chi connectivity index (χ2v) is 3.73. The zero-order valence-electron chi connectivity index (χ0n) is 7.38. The van der Waals surface area contributed by atoms with Crippen molar-refractivity contribution in [2.75, 3.05) is 26.2 Å². The van der Waals surface area contributed by atoms with Crippen LogP contribution in [-0.4, -0.2) is 49.0 Å². The van der Waals surface area contributed by atoms with E-state index in [1.807, 2.05) is 0 Å². The Kier molecular flexibility index (Phi) is 2.23. The van der Waals surface area contributed by atoms with Gasteiger partial charge in [-0.2, -0.15) is 0 Å². The van der Waals surface area contributed by atoms with Crippen molar-refractivity contribution >= 4 is 5.97 Å². The van der Waals surface area contributed by atoms with Crippen LogP contribution in [0.4, 0.5) is 0 Å². The third kappa shape index (κ3) is 1.67. The molecule has 0 radical (unpaired) electrons. The third-order valence-corrected chi connectivity index (χ3v) is 2.74. The van der Waals surface area contributed by atoms with Gasteiger partial charge in [0.25, 0.3) is 0 Å². The molecule has 0 bridgehead atoms. The second kappa shape index (κ2) is 3.25. The minimum atomic E-state index is -0.881. The highest BCUT2D eigenvalue weighted by atomic mass is 16.5. The monoisotopic (exact) mass is 186 g/mol. The molecule has 2 atom stereocenters. The molecule has 2 aliphatic rings. The highest BCUT2D eigenvalue weighted by molar-refractivity contribution is 5.72. The number of morpholine rings is 1. The number of rotatable bonds is 1. The number of ether oxygens (including phenoxy) is 1. The molecule has 2 rings (SSSR count). The summed E-state index contributed by atoms with van der Waals surface area (Å²) in [5.74, 6) is -0.881. The van der Waals surface area contributed by atoms with Gasteiger partial charge in [0, 0.05) is 13.1 Å². The van der Waals surface area contributed by atoms with E-state index in [4.69, 9.17) is 9.84 Å². The first-order chi connectivity index (χ1) is 6.22. The van der Waals surface area contributed by atoms with Crippen molar-refractivity contribution in [1.82, 2.24) is 10.6 Å². The van der Waals surface area contributed by atoms with Gasteiger partial charge in [-0.15, -0.1) is 0 Å². The van der Waals surface area contributed by atoms with E-state index in [0.717, 1.165) is 19.5 Å². The maximum Gasteiger partial charge on any atom is 0.334 e. The molecule has 0 aromatic carbocycles. The Morgan fingerprint density at radius 2 is 2.46 bits per heavy atom. The highest BCUT2D eigenvalue weighted by Gasteiger charge is 2.39. The van der Waals surface area contributed by atoms with E-state index in [-0.39, 0.29) is 5.54 Å². The van der Waals surface area contributed by atoms with Crippen molar-refractivity contribution in [3.05, 3.63) is 0 Å². The van der Waals surface area contributed by atoms with Crippen LogP contribution in [0.15, 0.2) is 0 Å². The fourth-order valence-electron chi connectivity index (χ4n) is 1.86. The Morgan fingerprint density at radius 3 is 2.92 bits per heavy atom. The fourth-order valence-corrected chi connectivity index (χ4v) is 1.86. The molecule has 0 aromatic heterocycles. The largest absolute Gasteiger partial charge is 0.479 e. The smallest absolute Gasteiger partial charge is 0.334 e. The number of carboxylic acid groups (broad SMARTS) is 1. The minimum Gasteiger partial charge on any atom is -0.479 e. The molecule has 2 heterocycles. The molecule has 2 fully saturated rings. The summed E-state index contributed by atoms with van der Waals surface area (Å²) in [6.07, 6.45) is 0.338. The molecule has 2 unspecified atom stereocenters. The van der Waals surface area contributed by atoms with E-state index in [1.165, 1.54) is 0 Å². The molecule has 0 amide bonds. The lowest BCUT2D eigenvalue weighted by Gasteiger charge is -2.36. The molecule has 2 saturated heterocycles. The zero-order valence-corrected chi connectivity index (χ0v) is 7.38. The van der Waals surface area contributed by atoms with Crippen LogP contribution in [0.2, 0.25) is 0 Å². The molecule has 13 heavy (non-hydrogen) atoms. The van der Waals surface area contributed by atoms with Crippen LogP contribution in [0, 0.1) is 0 Å². The number of hydrogen-bond acceptors (Lipinski definition) is 4. The summed E-state index contributed by atoms with van der Waals surface area (Å²) in [6.45, 7) is 2.77. The molecule has 5 heteroatoms. The van der Waals surface area contributed by atoms with Crippen molar-refractivity contribution in [3.63, 3.8) is 0 Å². The third-order valence-electron chi connectivity index (χ3n) is 2.74. The van der Waals surface area contributed by atoms with Crippen molar-refractivity contribution in [2.24, 2.45) is 0 Å². The molecule has 0 aliphatic carbocycles. The van der Waals surface area contributed by atoms with Crippen molar-refractivity contribution in [3.8, 4) is 0 Å². The SMILES string of the molecule is O=C(O)C1CNC2(CCNC2)CO1. The number of nitrogens with one attached hydrogen (secondary N) is 2. The van der Waals surface area contributed by atoms with Crippen LogP contribution in [0.3, 0.4) is 0 Å². The zero-order chi connectivity index (χ0) is 9.31. The van der Waals surface area contributed by atoms with Crippen LogP contribution in [0.5, 0.6) is 0 Å². The maximum atomic E-state index is 10.6. The van der Waals surface area contributed by atoms with Gasteiger partial charge >= 0.3 is 5.97 Å². The first-order valence-corrected chi connectivity index (χ1v) is 4.52. The fraction of sp³-hybridized carbons (Fsp3) is 0.875. The number of carboxylic acids is 1. The summed E-state index contributed by atoms with van der Waals surface area (Å²) in [7, 11) is 0. The number of carbonyl (C=O) groups is 1.